The van der Waals surface area contributed by atoms with Crippen LogP contribution in [0.25, 0.3) is 0 Å². The summed E-state index contributed by atoms with van der Waals surface area (Å²) in [7, 11) is 0. The molecule has 76 valence electrons. The molecule has 1 saturated heterocycles. The molecule has 0 saturated carbocycles. The molecule has 0 bridgehead atoms. The number of amidine groups is 1. The zero-order valence-electron chi connectivity index (χ0n) is 8.59. The first-order valence-corrected chi connectivity index (χ1v) is 6.96. The van der Waals surface area contributed by atoms with Crippen molar-refractivity contribution in [3.05, 3.63) is 0 Å². The summed E-state index contributed by atoms with van der Waals surface area (Å²) in [6.45, 7) is 5.39. The first kappa shape index (κ1) is 11.2. The van der Waals surface area contributed by atoms with Gasteiger partial charge in [-0.15, -0.1) is 0 Å². The van der Waals surface area contributed by atoms with Crippen LogP contribution in [-0.4, -0.2) is 35.0 Å². The maximum Gasteiger partial charge on any atom is 0.157 e. The lowest BCUT2D eigenvalue weighted by molar-refractivity contribution is 0.536. The first-order chi connectivity index (χ1) is 6.14. The summed E-state index contributed by atoms with van der Waals surface area (Å²) in [6, 6.07) is 0. The van der Waals surface area contributed by atoms with E-state index in [2.05, 4.69) is 30.4 Å². The van der Waals surface area contributed by atoms with Gasteiger partial charge in [-0.1, -0.05) is 11.8 Å². The fourth-order valence-electron chi connectivity index (χ4n) is 1.09. The van der Waals surface area contributed by atoms with Gasteiger partial charge in [0.15, 0.2) is 5.17 Å². The van der Waals surface area contributed by atoms with Crippen LogP contribution in [0, 0.1) is 0 Å². The van der Waals surface area contributed by atoms with Crippen molar-refractivity contribution in [2.45, 2.75) is 25.8 Å². The molecule has 2 nitrogen and oxygen atoms in total. The summed E-state index contributed by atoms with van der Waals surface area (Å²) < 4.78 is 0. The fraction of sp³-hybridized carbons (Fsp3) is 0.889. The Morgan fingerprint density at radius 3 is 2.92 bits per heavy atom. The van der Waals surface area contributed by atoms with E-state index in [1.165, 1.54) is 12.2 Å². The van der Waals surface area contributed by atoms with Crippen LogP contribution in [0.4, 0.5) is 0 Å². The molecule has 1 N–H and O–H groups in total. The summed E-state index contributed by atoms with van der Waals surface area (Å²) in [6.07, 6.45) is 3.33. The summed E-state index contributed by atoms with van der Waals surface area (Å²) in [5.41, 5.74) is 0.239. The molecule has 0 unspecified atom stereocenters. The SMILES string of the molecule is CSCCCN=C1NC(C)(C)CS1. The lowest BCUT2D eigenvalue weighted by atomic mass is 10.1. The molecular formula is C9H18N2S2. The molecule has 0 aromatic heterocycles. The Morgan fingerprint density at radius 2 is 2.38 bits per heavy atom. The summed E-state index contributed by atoms with van der Waals surface area (Å²) in [5, 5.41) is 4.54. The van der Waals surface area contributed by atoms with E-state index < -0.39 is 0 Å². The van der Waals surface area contributed by atoms with Crippen LogP contribution in [-0.2, 0) is 0 Å². The molecular weight excluding hydrogens is 200 g/mol. The quantitative estimate of drug-likeness (QED) is 0.732. The van der Waals surface area contributed by atoms with Gasteiger partial charge in [-0.2, -0.15) is 11.8 Å². The Labute approximate surface area is 89.3 Å². The normalized spacial score (nSPS) is 23.5. The van der Waals surface area contributed by atoms with Crippen molar-refractivity contribution in [3.8, 4) is 0 Å². The third-order valence-corrected chi connectivity index (χ3v) is 3.84. The van der Waals surface area contributed by atoms with Crippen molar-refractivity contribution >= 4 is 28.7 Å². The number of hydrogen-bond donors (Lipinski definition) is 1. The first-order valence-electron chi connectivity index (χ1n) is 4.58. The van der Waals surface area contributed by atoms with Crippen LogP contribution in [0.2, 0.25) is 0 Å². The average molecular weight is 218 g/mol. The van der Waals surface area contributed by atoms with Gasteiger partial charge in [0.2, 0.25) is 0 Å². The van der Waals surface area contributed by atoms with Gasteiger partial charge in [0.05, 0.1) is 0 Å². The fourth-order valence-corrected chi connectivity index (χ4v) is 2.60. The third-order valence-electron chi connectivity index (χ3n) is 1.78. The minimum atomic E-state index is 0.239. The molecule has 0 radical (unpaired) electrons. The Morgan fingerprint density at radius 1 is 1.62 bits per heavy atom. The highest BCUT2D eigenvalue weighted by atomic mass is 32.2. The number of aliphatic imine (C=N–C) groups is 1. The second kappa shape index (κ2) is 5.15. The second-order valence-electron chi connectivity index (χ2n) is 3.83. The van der Waals surface area contributed by atoms with E-state index in [0.29, 0.717) is 0 Å². The summed E-state index contributed by atoms with van der Waals surface area (Å²) in [4.78, 5) is 4.51. The van der Waals surface area contributed by atoms with E-state index >= 15 is 0 Å². The number of nitrogens with one attached hydrogen (secondary N) is 1. The summed E-state index contributed by atoms with van der Waals surface area (Å²) >= 11 is 3.73. The largest absolute Gasteiger partial charge is 0.359 e. The van der Waals surface area contributed by atoms with Crippen molar-refractivity contribution < 1.29 is 0 Å². The predicted octanol–water partition coefficient (Wildman–Crippen LogP) is 2.21. The number of rotatable bonds is 4. The molecule has 0 aromatic rings. The van der Waals surface area contributed by atoms with Crippen LogP contribution in [0.3, 0.4) is 0 Å². The molecule has 0 atom stereocenters. The lowest BCUT2D eigenvalue weighted by Gasteiger charge is -2.15. The zero-order valence-corrected chi connectivity index (χ0v) is 10.2. The average Bonchev–Trinajstić information content (AvgIpc) is 2.40. The molecule has 1 heterocycles. The number of thioether (sulfide) groups is 2. The van der Waals surface area contributed by atoms with E-state index in [0.717, 1.165) is 17.5 Å². The van der Waals surface area contributed by atoms with Gasteiger partial charge >= 0.3 is 0 Å². The van der Waals surface area contributed by atoms with Crippen molar-refractivity contribution in [2.24, 2.45) is 4.99 Å². The van der Waals surface area contributed by atoms with Gasteiger partial charge in [0.25, 0.3) is 0 Å². The van der Waals surface area contributed by atoms with Crippen LogP contribution >= 0.6 is 23.5 Å². The lowest BCUT2D eigenvalue weighted by Crippen LogP contribution is -2.36. The molecule has 1 rings (SSSR count). The molecule has 0 aromatic carbocycles. The van der Waals surface area contributed by atoms with Crippen LogP contribution in [0.15, 0.2) is 4.99 Å². The minimum Gasteiger partial charge on any atom is -0.359 e. The van der Waals surface area contributed by atoms with Gasteiger partial charge in [-0.3, -0.25) is 4.99 Å². The highest BCUT2D eigenvalue weighted by Gasteiger charge is 2.26. The molecule has 0 amide bonds. The van der Waals surface area contributed by atoms with Crippen molar-refractivity contribution in [2.75, 3.05) is 24.3 Å². The number of nitrogens with zero attached hydrogens (tertiary/aromatic N) is 1. The topological polar surface area (TPSA) is 24.4 Å². The maximum atomic E-state index is 4.51. The van der Waals surface area contributed by atoms with E-state index in [1.807, 2.05) is 23.5 Å². The Balaban J connectivity index is 2.22. The Bertz CT molecular complexity index is 190. The maximum absolute atomic E-state index is 4.51. The molecule has 1 fully saturated rings. The predicted molar refractivity (Wildman–Crippen MR) is 65.0 cm³/mol. The molecule has 1 aliphatic heterocycles. The minimum absolute atomic E-state index is 0.239. The molecule has 0 aliphatic carbocycles. The van der Waals surface area contributed by atoms with Crippen molar-refractivity contribution in [1.29, 1.82) is 0 Å². The van der Waals surface area contributed by atoms with Crippen LogP contribution < -0.4 is 5.32 Å². The van der Waals surface area contributed by atoms with Gasteiger partial charge in [0.1, 0.15) is 0 Å². The van der Waals surface area contributed by atoms with E-state index in [9.17, 15) is 0 Å². The summed E-state index contributed by atoms with van der Waals surface area (Å²) in [5.74, 6) is 2.35. The molecule has 1 aliphatic rings. The zero-order chi connectivity index (χ0) is 9.73. The Hall–Kier alpha value is 0.170. The monoisotopic (exact) mass is 218 g/mol. The van der Waals surface area contributed by atoms with Crippen molar-refractivity contribution in [1.82, 2.24) is 5.32 Å². The van der Waals surface area contributed by atoms with E-state index in [1.54, 1.807) is 0 Å². The van der Waals surface area contributed by atoms with Gasteiger partial charge in [0, 0.05) is 17.8 Å². The third kappa shape index (κ3) is 4.27. The molecule has 13 heavy (non-hydrogen) atoms. The van der Waals surface area contributed by atoms with Crippen molar-refractivity contribution in [3.63, 3.8) is 0 Å². The second-order valence-corrected chi connectivity index (χ2v) is 5.78. The van der Waals surface area contributed by atoms with E-state index in [-0.39, 0.29) is 5.54 Å². The molecule has 4 heteroatoms. The van der Waals surface area contributed by atoms with Gasteiger partial charge in [-0.25, -0.2) is 0 Å². The Kier molecular flexibility index (Phi) is 4.46. The highest BCUT2D eigenvalue weighted by molar-refractivity contribution is 8.14. The van der Waals surface area contributed by atoms with Gasteiger partial charge in [-0.05, 0) is 32.3 Å². The standard InChI is InChI=1S/C9H18N2S2/c1-9(2)7-13-8(11-9)10-5-4-6-12-3/h4-7H2,1-3H3,(H,10,11). The van der Waals surface area contributed by atoms with Crippen LogP contribution in [0.1, 0.15) is 20.3 Å². The highest BCUT2D eigenvalue weighted by Crippen LogP contribution is 2.21. The van der Waals surface area contributed by atoms with E-state index in [4.69, 9.17) is 0 Å². The molecule has 0 spiro atoms. The van der Waals surface area contributed by atoms with Crippen LogP contribution in [0.5, 0.6) is 0 Å². The van der Waals surface area contributed by atoms with Gasteiger partial charge < -0.3 is 5.32 Å². The number of hydrogen-bond acceptors (Lipinski definition) is 3. The smallest absolute Gasteiger partial charge is 0.157 e.